The molecule has 4 nitrogen and oxygen atoms in total. The van der Waals surface area contributed by atoms with Crippen molar-refractivity contribution in [2.24, 2.45) is 5.92 Å². The Morgan fingerprint density at radius 3 is 2.59 bits per heavy atom. The zero-order chi connectivity index (χ0) is 22.9. The van der Waals surface area contributed by atoms with Gasteiger partial charge in [-0.15, -0.1) is 0 Å². The van der Waals surface area contributed by atoms with Gasteiger partial charge in [-0.05, 0) is 61.9 Å². The van der Waals surface area contributed by atoms with Gasteiger partial charge in [-0.2, -0.15) is 0 Å². The molecule has 0 amide bonds. The molecular weight excluding hydrogens is 458 g/mol. The zero-order valence-electron chi connectivity index (χ0n) is 18.0. The molecule has 1 aliphatic carbocycles. The molecule has 0 bridgehead atoms. The molecule has 1 aliphatic heterocycles. The van der Waals surface area contributed by atoms with Crippen LogP contribution in [0, 0.1) is 17.6 Å². The van der Waals surface area contributed by atoms with Gasteiger partial charge in [0.05, 0.1) is 18.5 Å². The molecule has 32 heavy (non-hydrogen) atoms. The third kappa shape index (κ3) is 4.95. The molecule has 3 atom stereocenters. The Balaban J connectivity index is 1.60. The van der Waals surface area contributed by atoms with Gasteiger partial charge in [0.25, 0.3) is 0 Å². The molecule has 174 valence electrons. The van der Waals surface area contributed by atoms with E-state index in [1.165, 1.54) is 12.3 Å². The van der Waals surface area contributed by atoms with Crippen molar-refractivity contribution < 1.29 is 26.7 Å². The first kappa shape index (κ1) is 23.5. The van der Waals surface area contributed by atoms with Crippen LogP contribution >= 0.6 is 11.6 Å². The van der Waals surface area contributed by atoms with E-state index in [1.807, 2.05) is 12.1 Å². The van der Waals surface area contributed by atoms with Gasteiger partial charge in [0.15, 0.2) is 11.6 Å². The van der Waals surface area contributed by atoms with E-state index in [4.69, 9.17) is 21.1 Å². The molecule has 2 aromatic carbocycles. The molecule has 0 N–H and O–H groups in total. The Kier molecular flexibility index (Phi) is 6.80. The molecule has 4 rings (SSSR count). The van der Waals surface area contributed by atoms with Crippen LogP contribution in [0.1, 0.15) is 36.8 Å². The van der Waals surface area contributed by atoms with E-state index in [-0.39, 0.29) is 30.1 Å². The SMILES string of the molecule is CS(=O)(=O)CCCO[C@@H]1CC[C@@]2(Cc3ccc(Cl)cc3)c3c(F)ccc(F)c3OC[C@H]2C1. The number of sulfone groups is 1. The zero-order valence-corrected chi connectivity index (χ0v) is 19.5. The van der Waals surface area contributed by atoms with Crippen molar-refractivity contribution >= 4 is 21.4 Å². The van der Waals surface area contributed by atoms with Crippen molar-refractivity contribution in [1.82, 2.24) is 0 Å². The van der Waals surface area contributed by atoms with Gasteiger partial charge < -0.3 is 9.47 Å². The number of ether oxygens (including phenoxy) is 2. The van der Waals surface area contributed by atoms with Crippen LogP contribution in [-0.4, -0.2) is 39.7 Å². The fraction of sp³-hybridized carbons (Fsp3) is 0.500. The van der Waals surface area contributed by atoms with Gasteiger partial charge in [0, 0.05) is 34.8 Å². The third-order valence-corrected chi connectivity index (χ3v) is 7.95. The van der Waals surface area contributed by atoms with Crippen LogP contribution in [0.2, 0.25) is 5.02 Å². The highest BCUT2D eigenvalue weighted by atomic mass is 35.5. The first-order chi connectivity index (χ1) is 15.2. The molecule has 0 unspecified atom stereocenters. The van der Waals surface area contributed by atoms with E-state index in [1.54, 1.807) is 12.1 Å². The normalized spacial score (nSPS) is 25.0. The Morgan fingerprint density at radius 1 is 1.16 bits per heavy atom. The van der Waals surface area contributed by atoms with Gasteiger partial charge in [0.1, 0.15) is 15.7 Å². The molecule has 0 aromatic heterocycles. The van der Waals surface area contributed by atoms with E-state index < -0.39 is 26.9 Å². The van der Waals surface area contributed by atoms with Crippen molar-refractivity contribution in [3.63, 3.8) is 0 Å². The number of halogens is 3. The van der Waals surface area contributed by atoms with E-state index in [0.717, 1.165) is 11.6 Å². The van der Waals surface area contributed by atoms with Gasteiger partial charge in [-0.25, -0.2) is 17.2 Å². The summed E-state index contributed by atoms with van der Waals surface area (Å²) >= 11 is 6.04. The lowest BCUT2D eigenvalue weighted by atomic mass is 9.58. The van der Waals surface area contributed by atoms with Crippen LogP contribution in [0.25, 0.3) is 0 Å². The molecule has 0 radical (unpaired) electrons. The summed E-state index contributed by atoms with van der Waals surface area (Å²) in [5.74, 6) is -0.953. The van der Waals surface area contributed by atoms with Crippen LogP contribution < -0.4 is 4.74 Å². The van der Waals surface area contributed by atoms with E-state index in [2.05, 4.69) is 0 Å². The lowest BCUT2D eigenvalue weighted by molar-refractivity contribution is -0.0332. The highest BCUT2D eigenvalue weighted by molar-refractivity contribution is 7.90. The summed E-state index contributed by atoms with van der Waals surface area (Å²) in [6, 6.07) is 9.75. The van der Waals surface area contributed by atoms with Crippen LogP contribution in [0.5, 0.6) is 5.75 Å². The highest BCUT2D eigenvalue weighted by Gasteiger charge is 2.51. The van der Waals surface area contributed by atoms with Crippen LogP contribution in [-0.2, 0) is 26.4 Å². The second-order valence-corrected chi connectivity index (χ2v) is 11.6. The molecular formula is C24H27ClF2O4S. The fourth-order valence-corrected chi connectivity index (χ4v) is 5.94. The molecule has 1 saturated carbocycles. The van der Waals surface area contributed by atoms with Crippen molar-refractivity contribution in [2.45, 2.75) is 43.6 Å². The Hall–Kier alpha value is -1.70. The maximum absolute atomic E-state index is 15.1. The average molecular weight is 485 g/mol. The first-order valence-electron chi connectivity index (χ1n) is 10.8. The molecule has 0 saturated heterocycles. The van der Waals surface area contributed by atoms with Crippen LogP contribution in [0.15, 0.2) is 36.4 Å². The second kappa shape index (κ2) is 9.27. The van der Waals surface area contributed by atoms with Crippen LogP contribution in [0.3, 0.4) is 0 Å². The largest absolute Gasteiger partial charge is 0.490 e. The molecule has 1 fully saturated rings. The lowest BCUT2D eigenvalue weighted by Gasteiger charge is -2.50. The third-order valence-electron chi connectivity index (χ3n) is 6.67. The monoisotopic (exact) mass is 484 g/mol. The molecule has 8 heteroatoms. The van der Waals surface area contributed by atoms with E-state index in [9.17, 15) is 12.8 Å². The predicted octanol–water partition coefficient (Wildman–Crippen LogP) is 5.11. The Morgan fingerprint density at radius 2 is 1.88 bits per heavy atom. The lowest BCUT2D eigenvalue weighted by Crippen LogP contribution is -2.50. The number of hydrogen-bond donors (Lipinski definition) is 0. The summed E-state index contributed by atoms with van der Waals surface area (Å²) in [5, 5.41) is 0.624. The summed E-state index contributed by atoms with van der Waals surface area (Å²) in [6.45, 7) is 0.638. The standard InChI is InChI=1S/C24H27ClF2O4S/c1-32(28,29)12-2-11-30-19-9-10-24(14-16-3-5-18(25)6-4-16)17(13-19)15-31-23-21(27)8-7-20(26)22(23)24/h3-8,17,19H,2,9-15H2,1H3/t17-,19-,24+/m1/s1. The van der Waals surface area contributed by atoms with Gasteiger partial charge in [-0.3, -0.25) is 0 Å². The minimum Gasteiger partial charge on any atom is -0.490 e. The van der Waals surface area contributed by atoms with Crippen molar-refractivity contribution in [2.75, 3.05) is 25.2 Å². The maximum atomic E-state index is 15.1. The number of fused-ring (bicyclic) bond motifs is 3. The fourth-order valence-electron chi connectivity index (χ4n) is 5.17. The predicted molar refractivity (Wildman–Crippen MR) is 120 cm³/mol. The topological polar surface area (TPSA) is 52.6 Å². The summed E-state index contributed by atoms with van der Waals surface area (Å²) in [6.07, 6.45) is 4.07. The summed E-state index contributed by atoms with van der Waals surface area (Å²) in [7, 11) is -3.02. The Labute approximate surface area is 192 Å². The van der Waals surface area contributed by atoms with E-state index >= 15 is 4.39 Å². The Bertz CT molecular complexity index is 1070. The summed E-state index contributed by atoms with van der Waals surface area (Å²) in [5.41, 5.74) is 0.711. The molecule has 2 aliphatic rings. The first-order valence-corrected chi connectivity index (χ1v) is 13.3. The van der Waals surface area contributed by atoms with Crippen molar-refractivity contribution in [1.29, 1.82) is 0 Å². The summed E-state index contributed by atoms with van der Waals surface area (Å²) < 4.78 is 64.1. The molecule has 0 spiro atoms. The van der Waals surface area contributed by atoms with Crippen molar-refractivity contribution in [3.05, 3.63) is 64.2 Å². The summed E-state index contributed by atoms with van der Waals surface area (Å²) in [4.78, 5) is 0. The van der Waals surface area contributed by atoms with Crippen molar-refractivity contribution in [3.8, 4) is 5.75 Å². The number of benzene rings is 2. The maximum Gasteiger partial charge on any atom is 0.165 e. The second-order valence-electron chi connectivity index (χ2n) is 8.95. The highest BCUT2D eigenvalue weighted by Crippen LogP contribution is 2.53. The molecule has 1 heterocycles. The average Bonchev–Trinajstić information content (AvgIpc) is 2.74. The minimum absolute atomic E-state index is 0.0164. The molecule has 2 aromatic rings. The number of hydrogen-bond acceptors (Lipinski definition) is 4. The quantitative estimate of drug-likeness (QED) is 0.512. The number of rotatable bonds is 7. The van der Waals surface area contributed by atoms with E-state index in [0.29, 0.717) is 49.3 Å². The smallest absolute Gasteiger partial charge is 0.165 e. The van der Waals surface area contributed by atoms with Gasteiger partial charge >= 0.3 is 0 Å². The van der Waals surface area contributed by atoms with Gasteiger partial charge in [-0.1, -0.05) is 23.7 Å². The van der Waals surface area contributed by atoms with Gasteiger partial charge in [0.2, 0.25) is 0 Å². The minimum atomic E-state index is -3.02. The van der Waals surface area contributed by atoms with Crippen LogP contribution in [0.4, 0.5) is 8.78 Å².